The average molecular weight is 173 g/mol. The SMILES string of the molecule is N=C1C=COc2ccccc2CC1. The van der Waals surface area contributed by atoms with E-state index in [4.69, 9.17) is 10.1 Å². The molecule has 0 aromatic heterocycles. The third kappa shape index (κ3) is 1.78. The first-order valence-corrected chi connectivity index (χ1v) is 4.35. The Morgan fingerprint density at radius 3 is 2.92 bits per heavy atom. The highest BCUT2D eigenvalue weighted by molar-refractivity contribution is 5.92. The zero-order valence-corrected chi connectivity index (χ0v) is 7.29. The standard InChI is InChI=1S/C11H11NO/c12-10-6-5-9-3-1-2-4-11(9)13-8-7-10/h1-4,7-8,12H,5-6H2. The van der Waals surface area contributed by atoms with E-state index in [-0.39, 0.29) is 0 Å². The predicted molar refractivity (Wildman–Crippen MR) is 52.3 cm³/mol. The van der Waals surface area contributed by atoms with E-state index >= 15 is 0 Å². The summed E-state index contributed by atoms with van der Waals surface area (Å²) in [4.78, 5) is 0. The molecule has 1 N–H and O–H groups in total. The topological polar surface area (TPSA) is 33.1 Å². The lowest BCUT2D eigenvalue weighted by atomic mass is 10.1. The van der Waals surface area contributed by atoms with Gasteiger partial charge in [-0.3, -0.25) is 0 Å². The number of aryl methyl sites for hydroxylation is 1. The second kappa shape index (κ2) is 3.44. The van der Waals surface area contributed by atoms with E-state index in [1.54, 1.807) is 12.3 Å². The van der Waals surface area contributed by atoms with E-state index in [9.17, 15) is 0 Å². The molecule has 1 aromatic rings. The number of fused-ring (bicyclic) bond motifs is 1. The highest BCUT2D eigenvalue weighted by atomic mass is 16.5. The minimum absolute atomic E-state index is 0.620. The fourth-order valence-corrected chi connectivity index (χ4v) is 1.37. The lowest BCUT2D eigenvalue weighted by Crippen LogP contribution is -2.01. The molecule has 0 saturated heterocycles. The monoisotopic (exact) mass is 173 g/mol. The highest BCUT2D eigenvalue weighted by Gasteiger charge is 2.05. The maximum atomic E-state index is 7.50. The Hall–Kier alpha value is -1.57. The van der Waals surface area contributed by atoms with Gasteiger partial charge in [-0.25, -0.2) is 0 Å². The zero-order chi connectivity index (χ0) is 9.10. The van der Waals surface area contributed by atoms with Gasteiger partial charge in [-0.2, -0.15) is 0 Å². The average Bonchev–Trinajstić information content (AvgIpc) is 2.13. The molecule has 0 radical (unpaired) electrons. The second-order valence-electron chi connectivity index (χ2n) is 3.05. The molecule has 0 atom stereocenters. The van der Waals surface area contributed by atoms with Crippen molar-refractivity contribution in [2.24, 2.45) is 0 Å². The van der Waals surface area contributed by atoms with Crippen molar-refractivity contribution in [2.75, 3.05) is 0 Å². The quantitative estimate of drug-likeness (QED) is 0.642. The first-order valence-electron chi connectivity index (χ1n) is 4.35. The molecule has 0 bridgehead atoms. The smallest absolute Gasteiger partial charge is 0.129 e. The number of para-hydroxylation sites is 1. The first kappa shape index (κ1) is 8.05. The summed E-state index contributed by atoms with van der Waals surface area (Å²) in [5, 5.41) is 7.50. The lowest BCUT2D eigenvalue weighted by Gasteiger charge is -2.10. The number of hydrogen-bond acceptors (Lipinski definition) is 2. The largest absolute Gasteiger partial charge is 0.465 e. The minimum atomic E-state index is 0.620. The van der Waals surface area contributed by atoms with Crippen LogP contribution >= 0.6 is 0 Å². The normalized spacial score (nSPS) is 15.5. The molecule has 1 aliphatic rings. The molecule has 0 spiro atoms. The van der Waals surface area contributed by atoms with Gasteiger partial charge in [0.15, 0.2) is 0 Å². The Bertz CT molecular complexity index is 355. The van der Waals surface area contributed by atoms with Gasteiger partial charge in [-0.1, -0.05) is 18.2 Å². The van der Waals surface area contributed by atoms with Crippen LogP contribution in [0, 0.1) is 5.41 Å². The van der Waals surface area contributed by atoms with Gasteiger partial charge in [-0.15, -0.1) is 0 Å². The van der Waals surface area contributed by atoms with Crippen LogP contribution in [0.3, 0.4) is 0 Å². The minimum Gasteiger partial charge on any atom is -0.465 e. The van der Waals surface area contributed by atoms with Crippen molar-refractivity contribution < 1.29 is 4.74 Å². The van der Waals surface area contributed by atoms with Crippen molar-refractivity contribution in [1.29, 1.82) is 5.41 Å². The van der Waals surface area contributed by atoms with Crippen LogP contribution in [0.4, 0.5) is 0 Å². The molecule has 13 heavy (non-hydrogen) atoms. The van der Waals surface area contributed by atoms with Gasteiger partial charge in [-0.05, 0) is 30.5 Å². The summed E-state index contributed by atoms with van der Waals surface area (Å²) in [6, 6.07) is 7.95. The zero-order valence-electron chi connectivity index (χ0n) is 7.29. The summed E-state index contributed by atoms with van der Waals surface area (Å²) >= 11 is 0. The van der Waals surface area contributed by atoms with Gasteiger partial charge in [0.05, 0.1) is 6.26 Å². The van der Waals surface area contributed by atoms with Crippen LogP contribution in [0.5, 0.6) is 5.75 Å². The van der Waals surface area contributed by atoms with Crippen molar-refractivity contribution >= 4 is 5.71 Å². The Morgan fingerprint density at radius 1 is 1.15 bits per heavy atom. The summed E-state index contributed by atoms with van der Waals surface area (Å²) < 4.78 is 5.38. The van der Waals surface area contributed by atoms with E-state index in [0.29, 0.717) is 5.71 Å². The van der Waals surface area contributed by atoms with E-state index in [2.05, 4.69) is 0 Å². The molecule has 2 nitrogen and oxygen atoms in total. The van der Waals surface area contributed by atoms with Crippen molar-refractivity contribution in [1.82, 2.24) is 0 Å². The summed E-state index contributed by atoms with van der Waals surface area (Å²) in [6.45, 7) is 0. The lowest BCUT2D eigenvalue weighted by molar-refractivity contribution is 0.473. The molecule has 2 heteroatoms. The van der Waals surface area contributed by atoms with E-state index in [1.165, 1.54) is 5.56 Å². The van der Waals surface area contributed by atoms with Crippen molar-refractivity contribution in [3.8, 4) is 5.75 Å². The molecule has 1 aliphatic heterocycles. The summed E-state index contributed by atoms with van der Waals surface area (Å²) in [5.74, 6) is 0.909. The molecule has 2 rings (SSSR count). The molecule has 66 valence electrons. The number of rotatable bonds is 0. The summed E-state index contributed by atoms with van der Waals surface area (Å²) in [5.41, 5.74) is 1.80. The second-order valence-corrected chi connectivity index (χ2v) is 3.05. The van der Waals surface area contributed by atoms with Crippen LogP contribution in [0.1, 0.15) is 12.0 Å². The molecular weight excluding hydrogens is 162 g/mol. The fourth-order valence-electron chi connectivity index (χ4n) is 1.37. The maximum Gasteiger partial charge on any atom is 0.129 e. The molecule has 1 aromatic carbocycles. The number of allylic oxidation sites excluding steroid dienone is 1. The molecular formula is C11H11NO. The van der Waals surface area contributed by atoms with Crippen LogP contribution in [0.25, 0.3) is 0 Å². The molecule has 0 unspecified atom stereocenters. The molecule has 0 saturated carbocycles. The van der Waals surface area contributed by atoms with Crippen LogP contribution in [-0.4, -0.2) is 5.71 Å². The highest BCUT2D eigenvalue weighted by Crippen LogP contribution is 2.21. The summed E-state index contributed by atoms with van der Waals surface area (Å²) in [7, 11) is 0. The predicted octanol–water partition coefficient (Wildman–Crippen LogP) is 2.55. The van der Waals surface area contributed by atoms with Gasteiger partial charge < -0.3 is 10.1 Å². The summed E-state index contributed by atoms with van der Waals surface area (Å²) in [6.07, 6.45) is 4.96. The van der Waals surface area contributed by atoms with Crippen molar-refractivity contribution in [2.45, 2.75) is 12.8 Å². The van der Waals surface area contributed by atoms with Gasteiger partial charge in [0.25, 0.3) is 0 Å². The maximum absolute atomic E-state index is 7.50. The third-order valence-electron chi connectivity index (χ3n) is 2.10. The van der Waals surface area contributed by atoms with Gasteiger partial charge in [0, 0.05) is 5.71 Å². The van der Waals surface area contributed by atoms with Crippen LogP contribution in [0.2, 0.25) is 0 Å². The molecule has 0 amide bonds. The number of nitrogens with one attached hydrogen (secondary N) is 1. The third-order valence-corrected chi connectivity index (χ3v) is 2.10. The Morgan fingerprint density at radius 2 is 2.00 bits per heavy atom. The van der Waals surface area contributed by atoms with E-state index in [0.717, 1.165) is 18.6 Å². The first-order chi connectivity index (χ1) is 6.36. The molecule has 0 aliphatic carbocycles. The van der Waals surface area contributed by atoms with E-state index in [1.807, 2.05) is 24.3 Å². The Labute approximate surface area is 77.4 Å². The van der Waals surface area contributed by atoms with Crippen molar-refractivity contribution in [3.05, 3.63) is 42.2 Å². The van der Waals surface area contributed by atoms with Crippen LogP contribution < -0.4 is 4.74 Å². The molecule has 1 heterocycles. The Kier molecular flexibility index (Phi) is 2.13. The number of hydrogen-bond donors (Lipinski definition) is 1. The van der Waals surface area contributed by atoms with Crippen LogP contribution in [-0.2, 0) is 6.42 Å². The van der Waals surface area contributed by atoms with Crippen molar-refractivity contribution in [3.63, 3.8) is 0 Å². The van der Waals surface area contributed by atoms with Gasteiger partial charge in [0.2, 0.25) is 0 Å². The fraction of sp³-hybridized carbons (Fsp3) is 0.182. The van der Waals surface area contributed by atoms with Gasteiger partial charge in [0.1, 0.15) is 5.75 Å². The number of ether oxygens (including phenoxy) is 1. The number of benzene rings is 1. The Balaban J connectivity index is 2.33. The van der Waals surface area contributed by atoms with E-state index < -0.39 is 0 Å². The molecule has 0 fully saturated rings. The van der Waals surface area contributed by atoms with Gasteiger partial charge >= 0.3 is 0 Å². The van der Waals surface area contributed by atoms with Crippen LogP contribution in [0.15, 0.2) is 36.6 Å².